The van der Waals surface area contributed by atoms with Gasteiger partial charge < -0.3 is 5.32 Å². The van der Waals surface area contributed by atoms with E-state index in [2.05, 4.69) is 28.2 Å². The molecule has 2 unspecified atom stereocenters. The summed E-state index contributed by atoms with van der Waals surface area (Å²) < 4.78 is 22.1. The molecule has 19 heavy (non-hydrogen) atoms. The van der Waals surface area contributed by atoms with Crippen LogP contribution in [-0.4, -0.2) is 36.2 Å². The number of hydrogen-bond acceptors (Lipinski definition) is 3. The van der Waals surface area contributed by atoms with Crippen molar-refractivity contribution in [1.82, 2.24) is 5.32 Å². The Morgan fingerprint density at radius 1 is 1.47 bits per heavy atom. The van der Waals surface area contributed by atoms with Crippen LogP contribution >= 0.6 is 15.9 Å². The summed E-state index contributed by atoms with van der Waals surface area (Å²) in [5.74, 6) is 0.150. The Kier molecular flexibility index (Phi) is 5.10. The molecule has 112 valence electrons. The van der Waals surface area contributed by atoms with Crippen LogP contribution in [0.4, 0.5) is 0 Å². The lowest BCUT2D eigenvalue weighted by Crippen LogP contribution is -2.59. The van der Waals surface area contributed by atoms with Crippen LogP contribution < -0.4 is 5.32 Å². The highest BCUT2D eigenvalue weighted by Gasteiger charge is 2.43. The summed E-state index contributed by atoms with van der Waals surface area (Å²) in [4.78, 5) is 12.3. The van der Waals surface area contributed by atoms with Crippen LogP contribution in [0.15, 0.2) is 0 Å². The highest BCUT2D eigenvalue weighted by atomic mass is 79.9. The summed E-state index contributed by atoms with van der Waals surface area (Å²) in [6.07, 6.45) is 5.13. The molecular weight excluding hydrogens is 330 g/mol. The quantitative estimate of drug-likeness (QED) is 0.788. The van der Waals surface area contributed by atoms with E-state index in [0.29, 0.717) is 11.2 Å². The van der Waals surface area contributed by atoms with Gasteiger partial charge >= 0.3 is 0 Å². The summed E-state index contributed by atoms with van der Waals surface area (Å²) in [6, 6.07) is 0. The zero-order chi connectivity index (χ0) is 14.9. The molecule has 0 aromatic carbocycles. The Balaban J connectivity index is 2.90. The highest BCUT2D eigenvalue weighted by molar-refractivity contribution is 9.09. The number of alkyl halides is 1. The van der Waals surface area contributed by atoms with Crippen molar-refractivity contribution in [3.05, 3.63) is 0 Å². The van der Waals surface area contributed by atoms with Crippen LogP contribution in [0.5, 0.6) is 0 Å². The van der Waals surface area contributed by atoms with E-state index >= 15 is 0 Å². The molecule has 1 saturated carbocycles. The van der Waals surface area contributed by atoms with Gasteiger partial charge in [-0.3, -0.25) is 4.79 Å². The first-order chi connectivity index (χ1) is 8.54. The van der Waals surface area contributed by atoms with Crippen LogP contribution in [0.1, 0.15) is 46.5 Å². The number of carbonyl (C=O) groups is 1. The van der Waals surface area contributed by atoms with Crippen LogP contribution in [0, 0.1) is 5.92 Å². The van der Waals surface area contributed by atoms with Crippen LogP contribution in [0.2, 0.25) is 0 Å². The zero-order valence-corrected chi connectivity index (χ0v) is 14.5. The first-order valence-electron chi connectivity index (χ1n) is 6.62. The van der Waals surface area contributed by atoms with E-state index in [-0.39, 0.29) is 5.54 Å². The zero-order valence-electron chi connectivity index (χ0n) is 12.1. The topological polar surface area (TPSA) is 63.2 Å². The summed E-state index contributed by atoms with van der Waals surface area (Å²) in [6.45, 7) is 5.10. The molecular formula is C13H24BrNO3S. The average Bonchev–Trinajstić information content (AvgIpc) is 2.27. The molecule has 6 heteroatoms. The van der Waals surface area contributed by atoms with Crippen molar-refractivity contribution in [3.8, 4) is 0 Å². The third-order valence-electron chi connectivity index (χ3n) is 4.20. The van der Waals surface area contributed by atoms with E-state index in [1.807, 2.05) is 0 Å². The lowest BCUT2D eigenvalue weighted by Gasteiger charge is -2.41. The standard InChI is InChI=1S/C13H24BrNO3S/c1-10-6-5-7-13(8-10,9-14)15-11(16)12(2,3)19(4,17)18/h10H,5-9H2,1-4H3,(H,15,16). The number of carbonyl (C=O) groups excluding carboxylic acids is 1. The summed E-state index contributed by atoms with van der Waals surface area (Å²) >= 11 is 3.48. The van der Waals surface area contributed by atoms with E-state index in [9.17, 15) is 13.2 Å². The van der Waals surface area contributed by atoms with Gasteiger partial charge in [-0.25, -0.2) is 8.42 Å². The van der Waals surface area contributed by atoms with Gasteiger partial charge in [-0.15, -0.1) is 0 Å². The van der Waals surface area contributed by atoms with Crippen LogP contribution in [-0.2, 0) is 14.6 Å². The normalized spacial score (nSPS) is 29.0. The van der Waals surface area contributed by atoms with Gasteiger partial charge in [0.2, 0.25) is 5.91 Å². The van der Waals surface area contributed by atoms with E-state index in [1.54, 1.807) is 0 Å². The number of nitrogens with one attached hydrogen (secondary N) is 1. The number of rotatable bonds is 4. The maximum Gasteiger partial charge on any atom is 0.241 e. The lowest BCUT2D eigenvalue weighted by molar-refractivity contribution is -0.125. The molecule has 4 nitrogen and oxygen atoms in total. The Labute approximate surface area is 124 Å². The first-order valence-corrected chi connectivity index (χ1v) is 9.63. The third-order valence-corrected chi connectivity index (χ3v) is 7.31. The molecule has 0 radical (unpaired) electrons. The largest absolute Gasteiger partial charge is 0.348 e. The van der Waals surface area contributed by atoms with Crippen molar-refractivity contribution in [2.75, 3.05) is 11.6 Å². The summed E-state index contributed by atoms with van der Waals surface area (Å²) in [7, 11) is -3.43. The minimum atomic E-state index is -3.43. The molecule has 1 fully saturated rings. The second-order valence-corrected chi connectivity index (χ2v) is 9.48. The monoisotopic (exact) mass is 353 g/mol. The molecule has 0 saturated heterocycles. The first kappa shape index (κ1) is 17.0. The number of sulfone groups is 1. The second-order valence-electron chi connectivity index (χ2n) is 6.35. The van der Waals surface area contributed by atoms with Crippen molar-refractivity contribution in [2.24, 2.45) is 5.92 Å². The maximum absolute atomic E-state index is 12.3. The Morgan fingerprint density at radius 3 is 2.47 bits per heavy atom. The lowest BCUT2D eigenvalue weighted by atomic mass is 9.77. The van der Waals surface area contributed by atoms with Gasteiger partial charge in [-0.2, -0.15) is 0 Å². The Hall–Kier alpha value is -0.100. The average molecular weight is 354 g/mol. The van der Waals surface area contributed by atoms with Gasteiger partial charge in [0.15, 0.2) is 9.84 Å². The molecule has 0 aromatic rings. The second kappa shape index (κ2) is 5.72. The Bertz CT molecular complexity index is 447. The van der Waals surface area contributed by atoms with Crippen molar-refractivity contribution in [3.63, 3.8) is 0 Å². The number of amides is 1. The molecule has 1 aliphatic carbocycles. The minimum absolute atomic E-state index is 0.309. The Morgan fingerprint density at radius 2 is 2.05 bits per heavy atom. The molecule has 0 spiro atoms. The highest BCUT2D eigenvalue weighted by Crippen LogP contribution is 2.34. The van der Waals surface area contributed by atoms with Gasteiger partial charge in [0.1, 0.15) is 4.75 Å². The molecule has 2 atom stereocenters. The van der Waals surface area contributed by atoms with E-state index in [4.69, 9.17) is 0 Å². The van der Waals surface area contributed by atoms with E-state index in [0.717, 1.165) is 25.5 Å². The SMILES string of the molecule is CC1CCCC(CBr)(NC(=O)C(C)(C)S(C)(=O)=O)C1. The van der Waals surface area contributed by atoms with Crippen molar-refractivity contribution in [1.29, 1.82) is 0 Å². The maximum atomic E-state index is 12.3. The molecule has 1 aliphatic rings. The molecule has 0 aliphatic heterocycles. The van der Waals surface area contributed by atoms with Crippen molar-refractivity contribution < 1.29 is 13.2 Å². The molecule has 1 rings (SSSR count). The fourth-order valence-electron chi connectivity index (χ4n) is 2.49. The predicted octanol–water partition coefficient (Wildman–Crippen LogP) is 2.27. The molecule has 1 amide bonds. The van der Waals surface area contributed by atoms with Gasteiger partial charge in [0.05, 0.1) is 0 Å². The van der Waals surface area contributed by atoms with E-state index in [1.165, 1.54) is 20.3 Å². The number of halogens is 1. The number of hydrogen-bond donors (Lipinski definition) is 1. The van der Waals surface area contributed by atoms with E-state index < -0.39 is 20.5 Å². The minimum Gasteiger partial charge on any atom is -0.348 e. The van der Waals surface area contributed by atoms with Crippen LogP contribution in [0.25, 0.3) is 0 Å². The fourth-order valence-corrected chi connectivity index (χ4v) is 3.53. The third kappa shape index (κ3) is 3.72. The van der Waals surface area contributed by atoms with Crippen molar-refractivity contribution >= 4 is 31.7 Å². The fraction of sp³-hybridized carbons (Fsp3) is 0.923. The van der Waals surface area contributed by atoms with Gasteiger partial charge in [0.25, 0.3) is 0 Å². The molecule has 0 aromatic heterocycles. The molecule has 0 bridgehead atoms. The van der Waals surface area contributed by atoms with Gasteiger partial charge in [0, 0.05) is 17.1 Å². The summed E-state index contributed by atoms with van der Waals surface area (Å²) in [5, 5.41) is 3.66. The van der Waals surface area contributed by atoms with Crippen LogP contribution in [0.3, 0.4) is 0 Å². The molecule has 1 N–H and O–H groups in total. The smallest absolute Gasteiger partial charge is 0.241 e. The van der Waals surface area contributed by atoms with Crippen molar-refractivity contribution in [2.45, 2.75) is 56.7 Å². The summed E-state index contributed by atoms with van der Waals surface area (Å²) in [5.41, 5.74) is -0.309. The molecule has 0 heterocycles. The van der Waals surface area contributed by atoms with Gasteiger partial charge in [-0.05, 0) is 32.6 Å². The predicted molar refractivity (Wildman–Crippen MR) is 81.2 cm³/mol. The van der Waals surface area contributed by atoms with Gasteiger partial charge in [-0.1, -0.05) is 35.7 Å².